The second-order valence-electron chi connectivity index (χ2n) is 3.74. The number of nitrogens with one attached hydrogen (secondary N) is 1. The number of halogens is 1. The van der Waals surface area contributed by atoms with Crippen molar-refractivity contribution in [2.45, 2.75) is 13.5 Å². The van der Waals surface area contributed by atoms with Crippen molar-refractivity contribution in [2.75, 3.05) is 11.1 Å². The Kier molecular flexibility index (Phi) is 4.88. The lowest BCUT2D eigenvalue weighted by Crippen LogP contribution is -2.01. The second-order valence-corrected chi connectivity index (χ2v) is 3.74. The number of aliphatic hydroxyl groups excluding tert-OH is 1. The molecule has 0 aliphatic rings. The number of nitrogens with two attached hydrogens (primary N) is 1. The number of aliphatic hydroxyl groups is 1. The van der Waals surface area contributed by atoms with Crippen molar-refractivity contribution in [1.29, 1.82) is 0 Å². The molecule has 1 aromatic heterocycles. The highest BCUT2D eigenvalue weighted by atomic mass is 35.5. The Balaban J connectivity index is 0.00000162. The standard InChI is InChI=1S/C12H14N4O.ClH/c1-8-5-11(16-12(13)14-8)15-10-4-2-3-9(6-10)7-17;/h2-6,17H,7H2,1H3,(H3,13,14,15,16);1H. The van der Waals surface area contributed by atoms with Crippen LogP contribution in [0.2, 0.25) is 0 Å². The van der Waals surface area contributed by atoms with Crippen LogP contribution in [-0.2, 0) is 6.61 Å². The van der Waals surface area contributed by atoms with E-state index in [1.807, 2.05) is 37.3 Å². The molecule has 1 heterocycles. The molecular formula is C12H15ClN4O. The minimum absolute atomic E-state index is 0. The van der Waals surface area contributed by atoms with Crippen molar-refractivity contribution in [3.63, 3.8) is 0 Å². The van der Waals surface area contributed by atoms with Crippen LogP contribution in [-0.4, -0.2) is 15.1 Å². The number of benzene rings is 1. The molecule has 2 aromatic rings. The largest absolute Gasteiger partial charge is 0.392 e. The van der Waals surface area contributed by atoms with Gasteiger partial charge in [-0.2, -0.15) is 4.98 Å². The van der Waals surface area contributed by atoms with E-state index in [4.69, 9.17) is 10.8 Å². The molecule has 6 heteroatoms. The Hall–Kier alpha value is -1.85. The normalized spacial score (nSPS) is 9.67. The fourth-order valence-corrected chi connectivity index (χ4v) is 1.55. The maximum absolute atomic E-state index is 9.04. The van der Waals surface area contributed by atoms with E-state index in [1.54, 1.807) is 0 Å². The third-order valence-corrected chi connectivity index (χ3v) is 2.25. The third-order valence-electron chi connectivity index (χ3n) is 2.25. The SMILES string of the molecule is Cc1cc(Nc2cccc(CO)c2)nc(N)n1.Cl. The summed E-state index contributed by atoms with van der Waals surface area (Å²) in [6, 6.07) is 9.28. The van der Waals surface area contributed by atoms with E-state index < -0.39 is 0 Å². The van der Waals surface area contributed by atoms with Crippen LogP contribution in [0, 0.1) is 6.92 Å². The van der Waals surface area contributed by atoms with E-state index in [-0.39, 0.29) is 25.0 Å². The Labute approximate surface area is 111 Å². The van der Waals surface area contributed by atoms with E-state index in [0.29, 0.717) is 5.82 Å². The van der Waals surface area contributed by atoms with Gasteiger partial charge in [0.15, 0.2) is 0 Å². The second kappa shape index (κ2) is 6.18. The number of hydrogen-bond donors (Lipinski definition) is 3. The van der Waals surface area contributed by atoms with E-state index in [9.17, 15) is 0 Å². The fraction of sp³-hybridized carbons (Fsp3) is 0.167. The van der Waals surface area contributed by atoms with Crippen molar-refractivity contribution in [3.05, 3.63) is 41.6 Å². The highest BCUT2D eigenvalue weighted by Crippen LogP contribution is 2.17. The lowest BCUT2D eigenvalue weighted by atomic mass is 10.2. The Morgan fingerprint density at radius 2 is 2.06 bits per heavy atom. The fourth-order valence-electron chi connectivity index (χ4n) is 1.55. The molecule has 96 valence electrons. The average Bonchev–Trinajstić information content (AvgIpc) is 2.28. The molecule has 0 bridgehead atoms. The number of rotatable bonds is 3. The molecule has 0 saturated carbocycles. The van der Waals surface area contributed by atoms with Gasteiger partial charge in [0.05, 0.1) is 6.61 Å². The number of aromatic nitrogens is 2. The van der Waals surface area contributed by atoms with Gasteiger partial charge in [-0.1, -0.05) is 12.1 Å². The van der Waals surface area contributed by atoms with Crippen LogP contribution in [0.5, 0.6) is 0 Å². The van der Waals surface area contributed by atoms with Crippen molar-refractivity contribution in [2.24, 2.45) is 0 Å². The van der Waals surface area contributed by atoms with Gasteiger partial charge in [0.25, 0.3) is 0 Å². The molecular weight excluding hydrogens is 252 g/mol. The van der Waals surface area contributed by atoms with E-state index in [2.05, 4.69) is 15.3 Å². The number of aryl methyl sites for hydroxylation is 1. The molecule has 0 radical (unpaired) electrons. The molecule has 2 rings (SSSR count). The number of hydrogen-bond acceptors (Lipinski definition) is 5. The molecule has 0 fully saturated rings. The van der Waals surface area contributed by atoms with Gasteiger partial charge in [-0.15, -0.1) is 12.4 Å². The first-order valence-corrected chi connectivity index (χ1v) is 5.25. The summed E-state index contributed by atoms with van der Waals surface area (Å²) >= 11 is 0. The maximum atomic E-state index is 9.04. The predicted octanol–water partition coefficient (Wildman–Crippen LogP) is 2.02. The molecule has 0 unspecified atom stereocenters. The van der Waals surface area contributed by atoms with E-state index in [1.165, 1.54) is 0 Å². The van der Waals surface area contributed by atoms with E-state index in [0.717, 1.165) is 16.9 Å². The van der Waals surface area contributed by atoms with Gasteiger partial charge >= 0.3 is 0 Å². The lowest BCUT2D eigenvalue weighted by Gasteiger charge is -2.07. The molecule has 0 spiro atoms. The Morgan fingerprint density at radius 3 is 2.72 bits per heavy atom. The Bertz CT molecular complexity index is 513. The zero-order valence-corrected chi connectivity index (χ0v) is 10.7. The topological polar surface area (TPSA) is 84.1 Å². The summed E-state index contributed by atoms with van der Waals surface area (Å²) in [4.78, 5) is 8.07. The van der Waals surface area contributed by atoms with Crippen LogP contribution in [0.15, 0.2) is 30.3 Å². The van der Waals surface area contributed by atoms with Crippen LogP contribution < -0.4 is 11.1 Å². The first-order chi connectivity index (χ1) is 8.17. The molecule has 0 aliphatic carbocycles. The monoisotopic (exact) mass is 266 g/mol. The average molecular weight is 267 g/mol. The van der Waals surface area contributed by atoms with Crippen LogP contribution in [0.4, 0.5) is 17.5 Å². The summed E-state index contributed by atoms with van der Waals surface area (Å²) in [6.07, 6.45) is 0. The van der Waals surface area contributed by atoms with Crippen molar-refractivity contribution >= 4 is 29.9 Å². The molecule has 0 saturated heterocycles. The quantitative estimate of drug-likeness (QED) is 0.792. The molecule has 5 nitrogen and oxygen atoms in total. The minimum Gasteiger partial charge on any atom is -0.392 e. The molecule has 0 amide bonds. The molecule has 0 aliphatic heterocycles. The molecule has 4 N–H and O–H groups in total. The third kappa shape index (κ3) is 3.58. The summed E-state index contributed by atoms with van der Waals surface area (Å²) in [5.41, 5.74) is 8.07. The van der Waals surface area contributed by atoms with Gasteiger partial charge in [0, 0.05) is 17.4 Å². The molecule has 1 aromatic carbocycles. The summed E-state index contributed by atoms with van der Waals surface area (Å²) < 4.78 is 0. The number of anilines is 3. The summed E-state index contributed by atoms with van der Waals surface area (Å²) in [5, 5.41) is 12.2. The molecule has 18 heavy (non-hydrogen) atoms. The van der Waals surface area contributed by atoms with Gasteiger partial charge in [0.2, 0.25) is 5.95 Å². The van der Waals surface area contributed by atoms with Crippen molar-refractivity contribution in [1.82, 2.24) is 9.97 Å². The summed E-state index contributed by atoms with van der Waals surface area (Å²) in [7, 11) is 0. The molecule has 0 atom stereocenters. The predicted molar refractivity (Wildman–Crippen MR) is 74.1 cm³/mol. The summed E-state index contributed by atoms with van der Waals surface area (Å²) in [6.45, 7) is 1.87. The highest BCUT2D eigenvalue weighted by Gasteiger charge is 2.00. The van der Waals surface area contributed by atoms with Crippen LogP contribution in [0.1, 0.15) is 11.3 Å². The van der Waals surface area contributed by atoms with E-state index >= 15 is 0 Å². The first kappa shape index (κ1) is 14.2. The van der Waals surface area contributed by atoms with Gasteiger partial charge in [-0.05, 0) is 24.6 Å². The van der Waals surface area contributed by atoms with Crippen LogP contribution >= 0.6 is 12.4 Å². The zero-order valence-electron chi connectivity index (χ0n) is 9.92. The zero-order chi connectivity index (χ0) is 12.3. The lowest BCUT2D eigenvalue weighted by molar-refractivity contribution is 0.282. The summed E-state index contributed by atoms with van der Waals surface area (Å²) in [5.74, 6) is 0.885. The van der Waals surface area contributed by atoms with Crippen molar-refractivity contribution in [3.8, 4) is 0 Å². The van der Waals surface area contributed by atoms with Crippen LogP contribution in [0.25, 0.3) is 0 Å². The van der Waals surface area contributed by atoms with Gasteiger partial charge in [0.1, 0.15) is 5.82 Å². The van der Waals surface area contributed by atoms with Gasteiger partial charge < -0.3 is 16.2 Å². The Morgan fingerprint density at radius 1 is 1.28 bits per heavy atom. The number of nitrogens with zero attached hydrogens (tertiary/aromatic N) is 2. The highest BCUT2D eigenvalue weighted by molar-refractivity contribution is 5.85. The maximum Gasteiger partial charge on any atom is 0.222 e. The smallest absolute Gasteiger partial charge is 0.222 e. The number of nitrogen functional groups attached to an aromatic ring is 1. The van der Waals surface area contributed by atoms with Crippen LogP contribution in [0.3, 0.4) is 0 Å². The van der Waals surface area contributed by atoms with Gasteiger partial charge in [-0.3, -0.25) is 0 Å². The van der Waals surface area contributed by atoms with Gasteiger partial charge in [-0.25, -0.2) is 4.98 Å². The first-order valence-electron chi connectivity index (χ1n) is 5.25. The minimum atomic E-state index is 0. The van der Waals surface area contributed by atoms with Crippen molar-refractivity contribution < 1.29 is 5.11 Å².